The number of halogens is 5. The summed E-state index contributed by atoms with van der Waals surface area (Å²) in [7, 11) is 0. The van der Waals surface area contributed by atoms with Crippen LogP contribution in [-0.4, -0.2) is 65.3 Å². The minimum atomic E-state index is -5.08. The molecular formula is C22H23Cl2F3N4O3. The van der Waals surface area contributed by atoms with Gasteiger partial charge >= 0.3 is 12.1 Å². The highest BCUT2D eigenvalue weighted by Crippen LogP contribution is 2.26. The molecule has 2 N–H and O–H groups in total. The third-order valence-corrected chi connectivity index (χ3v) is 5.76. The summed E-state index contributed by atoms with van der Waals surface area (Å²) in [4.78, 5) is 30.1. The van der Waals surface area contributed by atoms with Gasteiger partial charge in [0, 0.05) is 50.0 Å². The third kappa shape index (κ3) is 7.75. The molecule has 0 spiro atoms. The van der Waals surface area contributed by atoms with Crippen LogP contribution in [0.5, 0.6) is 0 Å². The quantitative estimate of drug-likeness (QED) is 0.615. The Bertz CT molecular complexity index is 1010. The van der Waals surface area contributed by atoms with Gasteiger partial charge in [0.25, 0.3) is 5.91 Å². The number of pyridine rings is 1. The molecule has 34 heavy (non-hydrogen) atoms. The monoisotopic (exact) mass is 518 g/mol. The van der Waals surface area contributed by atoms with Gasteiger partial charge in [-0.1, -0.05) is 35.3 Å². The molecule has 0 atom stereocenters. The number of carbonyl (C=O) groups excluding carboxylic acids is 1. The van der Waals surface area contributed by atoms with Crippen molar-refractivity contribution >= 4 is 40.9 Å². The van der Waals surface area contributed by atoms with Gasteiger partial charge in [0.05, 0.1) is 10.6 Å². The van der Waals surface area contributed by atoms with Crippen LogP contribution in [0.3, 0.4) is 0 Å². The van der Waals surface area contributed by atoms with E-state index in [1.807, 2.05) is 12.1 Å². The van der Waals surface area contributed by atoms with Gasteiger partial charge in [-0.05, 0) is 36.6 Å². The number of nitrogens with zero attached hydrogens (tertiary/aromatic N) is 3. The van der Waals surface area contributed by atoms with Crippen LogP contribution in [0.2, 0.25) is 10.0 Å². The number of carbonyl (C=O) groups is 2. The highest BCUT2D eigenvalue weighted by Gasteiger charge is 2.38. The predicted molar refractivity (Wildman–Crippen MR) is 122 cm³/mol. The number of carboxylic acids is 1. The fourth-order valence-corrected chi connectivity index (χ4v) is 3.66. The van der Waals surface area contributed by atoms with E-state index in [2.05, 4.69) is 32.2 Å². The summed E-state index contributed by atoms with van der Waals surface area (Å²) in [6.45, 7) is 4.49. The molecule has 2 fully saturated rings. The van der Waals surface area contributed by atoms with Gasteiger partial charge in [-0.25, -0.2) is 9.78 Å². The van der Waals surface area contributed by atoms with Crippen LogP contribution in [0.1, 0.15) is 28.8 Å². The molecule has 1 saturated carbocycles. The maximum atomic E-state index is 12.1. The van der Waals surface area contributed by atoms with Crippen LogP contribution in [0.4, 0.5) is 19.0 Å². The van der Waals surface area contributed by atoms with Crippen LogP contribution in [0, 0.1) is 0 Å². The number of hydrogen-bond acceptors (Lipinski definition) is 5. The molecule has 0 unspecified atom stereocenters. The van der Waals surface area contributed by atoms with Gasteiger partial charge in [-0.15, -0.1) is 0 Å². The van der Waals surface area contributed by atoms with E-state index in [-0.39, 0.29) is 5.91 Å². The molecule has 12 heteroatoms. The van der Waals surface area contributed by atoms with Gasteiger partial charge in [0.15, 0.2) is 0 Å². The first-order chi connectivity index (χ1) is 16.0. The fraction of sp³-hybridized carbons (Fsp3) is 0.409. The zero-order valence-electron chi connectivity index (χ0n) is 18.0. The van der Waals surface area contributed by atoms with Gasteiger partial charge < -0.3 is 15.3 Å². The average molecular weight is 519 g/mol. The summed E-state index contributed by atoms with van der Waals surface area (Å²) >= 11 is 12.4. The molecular weight excluding hydrogens is 496 g/mol. The van der Waals surface area contributed by atoms with Crippen LogP contribution < -0.4 is 10.2 Å². The number of rotatable bonds is 5. The van der Waals surface area contributed by atoms with E-state index < -0.39 is 12.1 Å². The molecule has 184 valence electrons. The minimum Gasteiger partial charge on any atom is -0.475 e. The van der Waals surface area contributed by atoms with Crippen molar-refractivity contribution < 1.29 is 27.9 Å². The van der Waals surface area contributed by atoms with Crippen LogP contribution in [0.15, 0.2) is 36.5 Å². The minimum absolute atomic E-state index is 0.0915. The van der Waals surface area contributed by atoms with Crippen LogP contribution in [0.25, 0.3) is 0 Å². The summed E-state index contributed by atoms with van der Waals surface area (Å²) in [5.74, 6) is -2.09. The molecule has 0 bridgehead atoms. The number of anilines is 1. The summed E-state index contributed by atoms with van der Waals surface area (Å²) in [5.41, 5.74) is 1.78. The third-order valence-electron chi connectivity index (χ3n) is 5.23. The molecule has 1 amide bonds. The Balaban J connectivity index is 0.000000406. The lowest BCUT2D eigenvalue weighted by molar-refractivity contribution is -0.192. The van der Waals surface area contributed by atoms with Gasteiger partial charge in [-0.3, -0.25) is 9.69 Å². The first-order valence-corrected chi connectivity index (χ1v) is 11.3. The second kappa shape index (κ2) is 11.2. The van der Waals surface area contributed by atoms with E-state index in [0.717, 1.165) is 56.4 Å². The SMILES string of the molecule is O=C(NC1CC1)c1cnc(N2CCN(Cc3ccc(Cl)cc3)CC2)c(Cl)c1.O=C(O)C(F)(F)F. The first-order valence-electron chi connectivity index (χ1n) is 10.5. The zero-order valence-corrected chi connectivity index (χ0v) is 19.5. The molecule has 7 nitrogen and oxygen atoms in total. The van der Waals surface area contributed by atoms with Gasteiger partial charge in [0.2, 0.25) is 0 Å². The largest absolute Gasteiger partial charge is 0.490 e. The van der Waals surface area contributed by atoms with Crippen LogP contribution in [-0.2, 0) is 11.3 Å². The number of carboxylic acid groups (broad SMARTS) is 1. The fourth-order valence-electron chi connectivity index (χ4n) is 3.25. The molecule has 1 aromatic heterocycles. The molecule has 2 aromatic rings. The summed E-state index contributed by atoms with van der Waals surface area (Å²) in [6.07, 6.45) is -1.34. The maximum absolute atomic E-state index is 12.1. The first kappa shape index (κ1) is 26.1. The topological polar surface area (TPSA) is 85.8 Å². The second-order valence-corrected chi connectivity index (χ2v) is 8.81. The maximum Gasteiger partial charge on any atom is 0.490 e. The highest BCUT2D eigenvalue weighted by atomic mass is 35.5. The summed E-state index contributed by atoms with van der Waals surface area (Å²) in [6, 6.07) is 10.0. The van der Waals surface area contributed by atoms with E-state index in [4.69, 9.17) is 33.1 Å². The number of alkyl halides is 3. The van der Waals surface area contributed by atoms with Crippen molar-refractivity contribution in [2.45, 2.75) is 31.6 Å². The molecule has 2 aliphatic rings. The smallest absolute Gasteiger partial charge is 0.475 e. The Morgan fingerprint density at radius 1 is 1.09 bits per heavy atom. The van der Waals surface area contributed by atoms with E-state index in [0.29, 0.717) is 16.6 Å². The van der Waals surface area contributed by atoms with E-state index in [1.54, 1.807) is 12.3 Å². The number of piperazine rings is 1. The molecule has 4 rings (SSSR count). The highest BCUT2D eigenvalue weighted by molar-refractivity contribution is 6.33. The standard InChI is InChI=1S/C20H22Cl2N4O.C2HF3O2/c21-16-3-1-14(2-4-16)13-25-7-9-26(10-8-25)19-18(22)11-15(12-23-19)20(27)24-17-5-6-17;3-2(4,5)1(6)7/h1-4,11-12,17H,5-10,13H2,(H,24,27);(H,6,7). The summed E-state index contributed by atoms with van der Waals surface area (Å²) < 4.78 is 31.7. The Labute approximate surface area is 204 Å². The molecule has 1 aliphatic heterocycles. The molecule has 0 radical (unpaired) electrons. The summed E-state index contributed by atoms with van der Waals surface area (Å²) in [5, 5.41) is 11.4. The average Bonchev–Trinajstić information content (AvgIpc) is 3.60. The van der Waals surface area contributed by atoms with Gasteiger partial charge in [-0.2, -0.15) is 13.2 Å². The van der Waals surface area contributed by atoms with E-state index >= 15 is 0 Å². The predicted octanol–water partition coefficient (Wildman–Crippen LogP) is 4.24. The molecule has 1 aliphatic carbocycles. The van der Waals surface area contributed by atoms with Gasteiger partial charge in [0.1, 0.15) is 5.82 Å². The van der Waals surface area contributed by atoms with Crippen molar-refractivity contribution in [1.29, 1.82) is 0 Å². The lowest BCUT2D eigenvalue weighted by Crippen LogP contribution is -2.46. The molecule has 2 heterocycles. The number of benzene rings is 1. The Kier molecular flexibility index (Phi) is 8.62. The van der Waals surface area contributed by atoms with Crippen molar-refractivity contribution in [2.75, 3.05) is 31.1 Å². The Hall–Kier alpha value is -2.56. The van der Waals surface area contributed by atoms with Crippen molar-refractivity contribution in [2.24, 2.45) is 0 Å². The van der Waals surface area contributed by atoms with Crippen molar-refractivity contribution in [3.63, 3.8) is 0 Å². The number of aromatic nitrogens is 1. The number of aliphatic carboxylic acids is 1. The van der Waals surface area contributed by atoms with Crippen molar-refractivity contribution in [1.82, 2.24) is 15.2 Å². The number of nitrogens with one attached hydrogen (secondary N) is 1. The van der Waals surface area contributed by atoms with E-state index in [1.165, 1.54) is 5.56 Å². The lowest BCUT2D eigenvalue weighted by atomic mass is 10.2. The molecule has 1 saturated heterocycles. The zero-order chi connectivity index (χ0) is 24.9. The number of hydrogen-bond donors (Lipinski definition) is 2. The Morgan fingerprint density at radius 3 is 2.18 bits per heavy atom. The Morgan fingerprint density at radius 2 is 1.68 bits per heavy atom. The van der Waals surface area contributed by atoms with E-state index in [9.17, 15) is 18.0 Å². The second-order valence-electron chi connectivity index (χ2n) is 7.97. The lowest BCUT2D eigenvalue weighted by Gasteiger charge is -2.35. The molecule has 1 aromatic carbocycles. The van der Waals surface area contributed by atoms with Crippen molar-refractivity contribution in [3.8, 4) is 0 Å². The van der Waals surface area contributed by atoms with Crippen LogP contribution >= 0.6 is 23.2 Å². The number of amides is 1. The normalized spacial score (nSPS) is 16.4. The van der Waals surface area contributed by atoms with Crippen molar-refractivity contribution in [3.05, 3.63) is 57.7 Å².